The number of urea groups is 1. The first-order valence-electron chi connectivity index (χ1n) is 6.36. The molecular weight excluding hydrogens is 236 g/mol. The summed E-state index contributed by atoms with van der Waals surface area (Å²) < 4.78 is 5.22. The summed E-state index contributed by atoms with van der Waals surface area (Å²) in [6.07, 6.45) is 2.87. The van der Waals surface area contributed by atoms with Crippen molar-refractivity contribution in [1.29, 1.82) is 0 Å². The van der Waals surface area contributed by atoms with Crippen LogP contribution >= 0.6 is 0 Å². The van der Waals surface area contributed by atoms with E-state index >= 15 is 0 Å². The maximum absolute atomic E-state index is 11.7. The summed E-state index contributed by atoms with van der Waals surface area (Å²) in [6, 6.07) is -1.26. The third-order valence-electron chi connectivity index (χ3n) is 3.08. The van der Waals surface area contributed by atoms with Gasteiger partial charge in [-0.15, -0.1) is 0 Å². The number of ether oxygens (including phenoxy) is 1. The number of carboxylic acid groups (broad SMARTS) is 1. The van der Waals surface area contributed by atoms with Gasteiger partial charge in [-0.25, -0.2) is 9.59 Å². The monoisotopic (exact) mass is 258 g/mol. The number of hydrogen-bond donors (Lipinski definition) is 3. The van der Waals surface area contributed by atoms with E-state index in [1.54, 1.807) is 0 Å². The molecule has 1 aliphatic heterocycles. The van der Waals surface area contributed by atoms with E-state index in [4.69, 9.17) is 9.84 Å². The van der Waals surface area contributed by atoms with Gasteiger partial charge in [0.15, 0.2) is 0 Å². The summed E-state index contributed by atoms with van der Waals surface area (Å²) in [6.45, 7) is 4.96. The molecule has 0 radical (unpaired) electrons. The molecule has 0 bridgehead atoms. The number of nitrogens with one attached hydrogen (secondary N) is 2. The first-order chi connectivity index (χ1) is 8.47. The lowest BCUT2D eigenvalue weighted by molar-refractivity contribution is -0.139. The minimum atomic E-state index is -0.994. The van der Waals surface area contributed by atoms with Crippen LogP contribution in [0.4, 0.5) is 4.79 Å². The number of rotatable bonds is 6. The fraction of sp³-hybridized carbons (Fsp3) is 0.833. The average molecular weight is 258 g/mol. The van der Waals surface area contributed by atoms with E-state index in [1.807, 2.05) is 13.8 Å². The summed E-state index contributed by atoms with van der Waals surface area (Å²) >= 11 is 0. The minimum Gasteiger partial charge on any atom is -0.480 e. The second-order valence-electron chi connectivity index (χ2n) is 4.99. The molecule has 0 aromatic carbocycles. The maximum Gasteiger partial charge on any atom is 0.326 e. The summed E-state index contributed by atoms with van der Waals surface area (Å²) in [7, 11) is 0. The lowest BCUT2D eigenvalue weighted by Crippen LogP contribution is -2.54. The largest absolute Gasteiger partial charge is 0.480 e. The third-order valence-corrected chi connectivity index (χ3v) is 3.08. The minimum absolute atomic E-state index is 0.391. The smallest absolute Gasteiger partial charge is 0.326 e. The van der Waals surface area contributed by atoms with Crippen LogP contribution in [0.3, 0.4) is 0 Å². The Morgan fingerprint density at radius 2 is 2.22 bits per heavy atom. The van der Waals surface area contributed by atoms with Crippen LogP contribution in [0.25, 0.3) is 0 Å². The first-order valence-corrected chi connectivity index (χ1v) is 6.36. The van der Waals surface area contributed by atoms with Gasteiger partial charge in [0.1, 0.15) is 6.04 Å². The van der Waals surface area contributed by atoms with Gasteiger partial charge in [-0.05, 0) is 19.8 Å². The molecule has 1 unspecified atom stereocenters. The molecule has 0 aromatic heterocycles. The zero-order valence-corrected chi connectivity index (χ0v) is 11.0. The molecule has 0 spiro atoms. The summed E-state index contributed by atoms with van der Waals surface area (Å²) in [5.74, 6) is -0.994. The summed E-state index contributed by atoms with van der Waals surface area (Å²) in [5.41, 5.74) is -0.391. The highest BCUT2D eigenvalue weighted by molar-refractivity contribution is 5.82. The van der Waals surface area contributed by atoms with Gasteiger partial charge in [0.05, 0.1) is 12.1 Å². The van der Waals surface area contributed by atoms with Crippen molar-refractivity contribution in [3.05, 3.63) is 0 Å². The Hall–Kier alpha value is -1.30. The van der Waals surface area contributed by atoms with Crippen molar-refractivity contribution in [2.24, 2.45) is 0 Å². The van der Waals surface area contributed by atoms with E-state index in [2.05, 4.69) is 10.6 Å². The molecule has 18 heavy (non-hydrogen) atoms. The van der Waals surface area contributed by atoms with Crippen LogP contribution in [0.2, 0.25) is 0 Å². The zero-order valence-electron chi connectivity index (χ0n) is 11.0. The van der Waals surface area contributed by atoms with Crippen LogP contribution in [0.15, 0.2) is 0 Å². The van der Waals surface area contributed by atoms with Crippen molar-refractivity contribution in [3.8, 4) is 0 Å². The van der Waals surface area contributed by atoms with Gasteiger partial charge < -0.3 is 20.5 Å². The van der Waals surface area contributed by atoms with Crippen molar-refractivity contribution in [2.75, 3.05) is 13.2 Å². The molecule has 1 aliphatic rings. The summed E-state index contributed by atoms with van der Waals surface area (Å²) in [5, 5.41) is 14.3. The molecule has 6 nitrogen and oxygen atoms in total. The van der Waals surface area contributed by atoms with Gasteiger partial charge in [-0.3, -0.25) is 0 Å². The fourth-order valence-electron chi connectivity index (χ4n) is 1.90. The zero-order chi connectivity index (χ0) is 13.6. The van der Waals surface area contributed by atoms with E-state index < -0.39 is 23.6 Å². The number of carbonyl (C=O) groups is 2. The van der Waals surface area contributed by atoms with Crippen molar-refractivity contribution in [2.45, 2.75) is 51.1 Å². The molecule has 1 rings (SSSR count). The fourth-order valence-corrected chi connectivity index (χ4v) is 1.90. The predicted molar refractivity (Wildman–Crippen MR) is 66.5 cm³/mol. The molecule has 6 heteroatoms. The Morgan fingerprint density at radius 3 is 2.72 bits per heavy atom. The van der Waals surface area contributed by atoms with Gasteiger partial charge in [0.25, 0.3) is 0 Å². The Morgan fingerprint density at radius 1 is 1.50 bits per heavy atom. The third kappa shape index (κ3) is 4.52. The molecule has 1 saturated heterocycles. The van der Waals surface area contributed by atoms with Gasteiger partial charge in [0.2, 0.25) is 0 Å². The Labute approximate surface area is 107 Å². The standard InChI is InChI=1S/C12H22N2O4/c1-3-4-5-9(10(15)16)13-11(17)14-12(2)6-7-18-8-12/h9H,3-8H2,1-2H3,(H,15,16)(H2,13,14,17)/t9-,12?/m0/s1. The number of amides is 2. The SMILES string of the molecule is CCCC[C@H](NC(=O)NC1(C)CCOC1)C(=O)O. The van der Waals surface area contributed by atoms with Crippen LogP contribution < -0.4 is 10.6 Å². The molecule has 2 amide bonds. The topological polar surface area (TPSA) is 87.7 Å². The summed E-state index contributed by atoms with van der Waals surface area (Å²) in [4.78, 5) is 22.7. The first kappa shape index (κ1) is 14.8. The molecule has 1 heterocycles. The Balaban J connectivity index is 2.43. The quantitative estimate of drug-likeness (QED) is 0.666. The van der Waals surface area contributed by atoms with Crippen molar-refractivity contribution < 1.29 is 19.4 Å². The highest BCUT2D eigenvalue weighted by atomic mass is 16.5. The van der Waals surface area contributed by atoms with E-state index in [0.29, 0.717) is 19.6 Å². The van der Waals surface area contributed by atoms with E-state index in [9.17, 15) is 9.59 Å². The van der Waals surface area contributed by atoms with Crippen molar-refractivity contribution in [3.63, 3.8) is 0 Å². The predicted octanol–water partition coefficient (Wildman–Crippen LogP) is 1.11. The van der Waals surface area contributed by atoms with Gasteiger partial charge >= 0.3 is 12.0 Å². The van der Waals surface area contributed by atoms with E-state index in [1.165, 1.54) is 0 Å². The average Bonchev–Trinajstić information content (AvgIpc) is 2.70. The highest BCUT2D eigenvalue weighted by Crippen LogP contribution is 2.17. The number of carboxylic acids is 1. The van der Waals surface area contributed by atoms with Crippen LogP contribution in [0, 0.1) is 0 Å². The van der Waals surface area contributed by atoms with E-state index in [-0.39, 0.29) is 0 Å². The molecule has 0 aliphatic carbocycles. The molecule has 3 N–H and O–H groups in total. The molecule has 104 valence electrons. The normalized spacial score (nSPS) is 24.6. The highest BCUT2D eigenvalue weighted by Gasteiger charge is 2.32. The van der Waals surface area contributed by atoms with Gasteiger partial charge in [0, 0.05) is 6.61 Å². The second-order valence-corrected chi connectivity index (χ2v) is 4.99. The second kappa shape index (κ2) is 6.58. The molecule has 2 atom stereocenters. The van der Waals surface area contributed by atoms with E-state index in [0.717, 1.165) is 19.3 Å². The maximum atomic E-state index is 11.7. The lowest BCUT2D eigenvalue weighted by atomic mass is 10.0. The van der Waals surface area contributed by atoms with Crippen molar-refractivity contribution >= 4 is 12.0 Å². The van der Waals surface area contributed by atoms with Crippen LogP contribution in [-0.4, -0.2) is 41.9 Å². The van der Waals surface area contributed by atoms with Crippen LogP contribution in [0.5, 0.6) is 0 Å². The number of unbranched alkanes of at least 4 members (excludes halogenated alkanes) is 1. The number of aliphatic carboxylic acids is 1. The Kier molecular flexibility index (Phi) is 5.40. The van der Waals surface area contributed by atoms with Gasteiger partial charge in [-0.2, -0.15) is 0 Å². The molecular formula is C12H22N2O4. The molecule has 0 aromatic rings. The molecule has 1 fully saturated rings. The van der Waals surface area contributed by atoms with Crippen LogP contribution in [-0.2, 0) is 9.53 Å². The lowest BCUT2D eigenvalue weighted by Gasteiger charge is -2.25. The number of carbonyl (C=O) groups excluding carboxylic acids is 1. The number of hydrogen-bond acceptors (Lipinski definition) is 3. The van der Waals surface area contributed by atoms with Crippen LogP contribution in [0.1, 0.15) is 39.5 Å². The molecule has 0 saturated carbocycles. The van der Waals surface area contributed by atoms with Crippen molar-refractivity contribution in [1.82, 2.24) is 10.6 Å². The van der Waals surface area contributed by atoms with Gasteiger partial charge in [-0.1, -0.05) is 19.8 Å². The Bertz CT molecular complexity index is 300.